The summed E-state index contributed by atoms with van der Waals surface area (Å²) in [4.78, 5) is 15.1. The summed E-state index contributed by atoms with van der Waals surface area (Å²) in [6, 6.07) is 4.79. The highest BCUT2D eigenvalue weighted by molar-refractivity contribution is 5.56. The Balaban J connectivity index is 1.30. The van der Waals surface area contributed by atoms with Crippen LogP contribution in [-0.4, -0.2) is 62.4 Å². The van der Waals surface area contributed by atoms with E-state index in [9.17, 15) is 22.0 Å². The first-order chi connectivity index (χ1) is 16.1. The maximum atomic E-state index is 13.3. The van der Waals surface area contributed by atoms with Crippen LogP contribution in [-0.2, 0) is 0 Å². The Kier molecular flexibility index (Phi) is 5.44. The highest BCUT2D eigenvalue weighted by atomic mass is 19.4. The molecule has 1 N–H and O–H groups in total. The third-order valence-electron chi connectivity index (χ3n) is 6.39. The molecule has 0 aromatic carbocycles. The number of nitrogens with one attached hydrogen (secondary N) is 1. The fourth-order valence-electron chi connectivity index (χ4n) is 4.71. The number of aryl methyl sites for hydroxylation is 1. The average Bonchev–Trinajstić information content (AvgIpc) is 3.28. The zero-order valence-corrected chi connectivity index (χ0v) is 18.1. The van der Waals surface area contributed by atoms with Crippen molar-refractivity contribution in [2.45, 2.75) is 37.9 Å². The smallest absolute Gasteiger partial charge is 0.456 e. The van der Waals surface area contributed by atoms with Crippen molar-refractivity contribution in [3.63, 3.8) is 0 Å². The Morgan fingerprint density at radius 1 is 1.12 bits per heavy atom. The zero-order chi connectivity index (χ0) is 24.1. The van der Waals surface area contributed by atoms with Gasteiger partial charge in [0.1, 0.15) is 12.1 Å². The lowest BCUT2D eigenvalue weighted by Crippen LogP contribution is -2.48. The lowest BCUT2D eigenvalue weighted by molar-refractivity contribution is -0.289. The molecule has 2 bridgehead atoms. The van der Waals surface area contributed by atoms with Gasteiger partial charge in [0, 0.05) is 37.1 Å². The molecule has 1 aliphatic carbocycles. The fraction of sp³-hybridized carbons (Fsp3) is 0.524. The van der Waals surface area contributed by atoms with Crippen molar-refractivity contribution in [1.82, 2.24) is 24.6 Å². The van der Waals surface area contributed by atoms with E-state index in [1.165, 1.54) is 22.8 Å². The molecule has 182 valence electrons. The molecule has 1 aliphatic heterocycles. The van der Waals surface area contributed by atoms with Gasteiger partial charge in [-0.25, -0.2) is 14.5 Å². The molecular weight excluding hydrogens is 461 g/mol. The Labute approximate surface area is 191 Å². The number of nitrogens with zero attached hydrogens (tertiary/aromatic N) is 6. The highest BCUT2D eigenvalue weighted by Crippen LogP contribution is 2.40. The first kappa shape index (κ1) is 22.5. The summed E-state index contributed by atoms with van der Waals surface area (Å²) in [5.74, 6) is -3.37. The summed E-state index contributed by atoms with van der Waals surface area (Å²) < 4.78 is 70.1. The lowest BCUT2D eigenvalue weighted by atomic mass is 9.92. The van der Waals surface area contributed by atoms with E-state index >= 15 is 0 Å². The molecule has 2 atom stereocenters. The van der Waals surface area contributed by atoms with Gasteiger partial charge in [-0.1, -0.05) is 0 Å². The molecular formula is C21H22F5N7O. The van der Waals surface area contributed by atoms with E-state index in [4.69, 9.17) is 4.74 Å². The zero-order valence-electron chi connectivity index (χ0n) is 18.1. The molecule has 0 radical (unpaired) electrons. The minimum absolute atomic E-state index is 0.0595. The van der Waals surface area contributed by atoms with E-state index in [1.807, 2.05) is 13.0 Å². The van der Waals surface area contributed by atoms with Crippen molar-refractivity contribution in [1.29, 1.82) is 0 Å². The molecule has 5 rings (SSSR count). The van der Waals surface area contributed by atoms with Gasteiger partial charge in [-0.15, -0.1) is 5.10 Å². The Morgan fingerprint density at radius 3 is 2.53 bits per heavy atom. The van der Waals surface area contributed by atoms with Crippen molar-refractivity contribution in [3.05, 3.63) is 36.4 Å². The molecule has 3 aromatic rings. The van der Waals surface area contributed by atoms with Crippen LogP contribution in [0, 0.1) is 18.8 Å². The SMILES string of the molecule is Cc1cc(N2CC3CCC(C2)C3Nc2nc3c(OCC(F)(F)C(F)(F)F)cccn3n2)ncn1. The van der Waals surface area contributed by atoms with Crippen molar-refractivity contribution >= 4 is 17.4 Å². The van der Waals surface area contributed by atoms with Crippen molar-refractivity contribution in [3.8, 4) is 5.75 Å². The normalized spacial score (nSPS) is 22.9. The molecule has 0 amide bonds. The van der Waals surface area contributed by atoms with Crippen LogP contribution in [0.1, 0.15) is 18.5 Å². The van der Waals surface area contributed by atoms with Crippen molar-refractivity contribution in [2.75, 3.05) is 29.9 Å². The molecule has 2 aliphatic rings. The van der Waals surface area contributed by atoms with Crippen LogP contribution in [0.25, 0.3) is 5.65 Å². The van der Waals surface area contributed by atoms with Crippen molar-refractivity contribution < 1.29 is 26.7 Å². The number of piperidine rings is 1. The second kappa shape index (κ2) is 8.20. The molecule has 3 aromatic heterocycles. The maximum Gasteiger partial charge on any atom is 0.456 e. The topological polar surface area (TPSA) is 80.5 Å². The van der Waals surface area contributed by atoms with E-state index in [2.05, 4.69) is 30.3 Å². The van der Waals surface area contributed by atoms with Crippen LogP contribution in [0.15, 0.2) is 30.7 Å². The number of anilines is 2. The number of hydrogen-bond donors (Lipinski definition) is 1. The molecule has 2 fully saturated rings. The van der Waals surface area contributed by atoms with Gasteiger partial charge in [-0.3, -0.25) is 0 Å². The quantitative estimate of drug-likeness (QED) is 0.535. The molecule has 2 unspecified atom stereocenters. The lowest BCUT2D eigenvalue weighted by Gasteiger charge is -2.38. The van der Waals surface area contributed by atoms with Crippen LogP contribution in [0.5, 0.6) is 5.75 Å². The van der Waals surface area contributed by atoms with Gasteiger partial charge in [0.25, 0.3) is 0 Å². The Hall–Kier alpha value is -3.25. The number of alkyl halides is 5. The average molecular weight is 483 g/mol. The molecule has 4 heterocycles. The standard InChI is InChI=1S/C21H22F5N7O/c1-12-7-16(28-11-27-12)32-8-13-4-5-14(9-32)17(13)29-19-30-18-15(3-2-6-33(18)31-19)34-10-20(22,23)21(24,25)26/h2-3,6-7,11,13-14,17H,4-5,8-10H2,1H3,(H,29,31). The maximum absolute atomic E-state index is 13.3. The van der Waals surface area contributed by atoms with Gasteiger partial charge in [-0.05, 0) is 43.7 Å². The molecule has 34 heavy (non-hydrogen) atoms. The number of aromatic nitrogens is 5. The number of pyridine rings is 1. The first-order valence-corrected chi connectivity index (χ1v) is 10.8. The van der Waals surface area contributed by atoms with Crippen molar-refractivity contribution in [2.24, 2.45) is 11.8 Å². The monoisotopic (exact) mass is 483 g/mol. The second-order valence-corrected chi connectivity index (χ2v) is 8.76. The predicted molar refractivity (Wildman–Crippen MR) is 112 cm³/mol. The summed E-state index contributed by atoms with van der Waals surface area (Å²) in [5, 5.41) is 7.67. The minimum Gasteiger partial charge on any atom is -0.483 e. The van der Waals surface area contributed by atoms with Gasteiger partial charge in [0.05, 0.1) is 0 Å². The number of hydrogen-bond acceptors (Lipinski definition) is 7. The van der Waals surface area contributed by atoms with Gasteiger partial charge in [0.15, 0.2) is 18.0 Å². The summed E-state index contributed by atoms with van der Waals surface area (Å²) in [6.45, 7) is 1.69. The number of ether oxygens (including phenoxy) is 1. The number of halogens is 5. The van der Waals surface area contributed by atoms with E-state index in [0.717, 1.165) is 37.4 Å². The predicted octanol–water partition coefficient (Wildman–Crippen LogP) is 3.73. The molecule has 0 spiro atoms. The number of rotatable bonds is 6. The van der Waals surface area contributed by atoms with Gasteiger partial charge >= 0.3 is 12.1 Å². The van der Waals surface area contributed by atoms with Gasteiger partial charge in [0.2, 0.25) is 5.95 Å². The summed E-state index contributed by atoms with van der Waals surface area (Å²) in [6.07, 6.45) is -0.565. The van der Waals surface area contributed by atoms with Crippen LogP contribution < -0.4 is 15.0 Å². The van der Waals surface area contributed by atoms with E-state index in [-0.39, 0.29) is 23.4 Å². The summed E-state index contributed by atoms with van der Waals surface area (Å²) >= 11 is 0. The fourth-order valence-corrected chi connectivity index (χ4v) is 4.71. The van der Waals surface area contributed by atoms with Crippen LogP contribution >= 0.6 is 0 Å². The van der Waals surface area contributed by atoms with Gasteiger partial charge < -0.3 is 15.0 Å². The highest BCUT2D eigenvalue weighted by Gasteiger charge is 2.58. The van der Waals surface area contributed by atoms with Gasteiger partial charge in [-0.2, -0.15) is 26.9 Å². The minimum atomic E-state index is -5.70. The Bertz CT molecular complexity index is 1170. The molecule has 13 heteroatoms. The van der Waals surface area contributed by atoms with Crippen LogP contribution in [0.3, 0.4) is 0 Å². The molecule has 8 nitrogen and oxygen atoms in total. The third kappa shape index (κ3) is 4.18. The van der Waals surface area contributed by atoms with E-state index in [0.29, 0.717) is 11.8 Å². The van der Waals surface area contributed by atoms with Crippen LogP contribution in [0.2, 0.25) is 0 Å². The first-order valence-electron chi connectivity index (χ1n) is 10.8. The largest absolute Gasteiger partial charge is 0.483 e. The second-order valence-electron chi connectivity index (χ2n) is 8.76. The Morgan fingerprint density at radius 2 is 1.85 bits per heavy atom. The van der Waals surface area contributed by atoms with Crippen LogP contribution in [0.4, 0.5) is 33.7 Å². The third-order valence-corrected chi connectivity index (χ3v) is 6.39. The van der Waals surface area contributed by atoms with E-state index in [1.54, 1.807) is 6.33 Å². The van der Waals surface area contributed by atoms with E-state index < -0.39 is 18.7 Å². The summed E-state index contributed by atoms with van der Waals surface area (Å²) in [5.41, 5.74) is 0.960. The summed E-state index contributed by atoms with van der Waals surface area (Å²) in [7, 11) is 0. The molecule has 1 saturated heterocycles. The number of fused-ring (bicyclic) bond motifs is 3. The molecule has 1 saturated carbocycles.